The first-order chi connectivity index (χ1) is 10.9. The van der Waals surface area contributed by atoms with E-state index in [1.54, 1.807) is 31.2 Å². The molecule has 1 unspecified atom stereocenters. The van der Waals surface area contributed by atoms with Crippen LogP contribution in [0, 0.1) is 18.8 Å². The summed E-state index contributed by atoms with van der Waals surface area (Å²) in [6, 6.07) is 6.60. The van der Waals surface area contributed by atoms with Crippen molar-refractivity contribution in [1.82, 2.24) is 4.31 Å². The maximum atomic E-state index is 12.7. The molecule has 0 aliphatic carbocycles. The van der Waals surface area contributed by atoms with Gasteiger partial charge in [0.25, 0.3) is 0 Å². The Morgan fingerprint density at radius 3 is 2.61 bits per heavy atom. The maximum Gasteiger partial charge on any atom is 0.384 e. The van der Waals surface area contributed by atoms with Crippen molar-refractivity contribution >= 4 is 16.0 Å². The van der Waals surface area contributed by atoms with Crippen molar-refractivity contribution in [3.05, 3.63) is 29.8 Å². The zero-order chi connectivity index (χ0) is 16.9. The molecule has 2 rings (SSSR count). The molecule has 0 aromatic heterocycles. The molecule has 1 heterocycles. The molecule has 23 heavy (non-hydrogen) atoms. The Kier molecular flexibility index (Phi) is 5.77. The molecule has 0 bridgehead atoms. The Labute approximate surface area is 136 Å². The summed E-state index contributed by atoms with van der Waals surface area (Å²) in [6.07, 6.45) is -0.111. The van der Waals surface area contributed by atoms with Crippen LogP contribution in [0.3, 0.4) is 0 Å². The van der Waals surface area contributed by atoms with E-state index in [9.17, 15) is 13.2 Å². The number of benzene rings is 1. The molecule has 0 N–H and O–H groups in total. The standard InChI is InChI=1S/C16H19NO5S/c1-3-21-16(18)5-4-10-17(11-14-12-22-14)23(19,20)15-8-6-13(2)7-9-15/h6-9,14H,3,10-12H2,1-2H3. The van der Waals surface area contributed by atoms with E-state index in [0.29, 0.717) is 6.61 Å². The van der Waals surface area contributed by atoms with Crippen LogP contribution in [0.5, 0.6) is 0 Å². The Hall–Kier alpha value is -1.88. The lowest BCUT2D eigenvalue weighted by atomic mass is 10.2. The minimum atomic E-state index is -3.68. The Morgan fingerprint density at radius 1 is 1.39 bits per heavy atom. The molecule has 1 atom stereocenters. The largest absolute Gasteiger partial charge is 0.456 e. The fourth-order valence-corrected chi connectivity index (χ4v) is 3.25. The van der Waals surface area contributed by atoms with Crippen LogP contribution in [0.2, 0.25) is 0 Å². The second kappa shape index (κ2) is 7.59. The van der Waals surface area contributed by atoms with Gasteiger partial charge in [-0.15, -0.1) is 0 Å². The second-order valence-electron chi connectivity index (χ2n) is 5.09. The van der Waals surface area contributed by atoms with Crippen LogP contribution in [-0.4, -0.2) is 51.1 Å². The molecule has 1 aliphatic heterocycles. The van der Waals surface area contributed by atoms with Gasteiger partial charge < -0.3 is 9.47 Å². The fraction of sp³-hybridized carbons (Fsp3) is 0.438. The monoisotopic (exact) mass is 337 g/mol. The highest BCUT2D eigenvalue weighted by Crippen LogP contribution is 2.19. The van der Waals surface area contributed by atoms with Gasteiger partial charge in [-0.25, -0.2) is 13.2 Å². The highest BCUT2D eigenvalue weighted by molar-refractivity contribution is 7.89. The number of aryl methyl sites for hydroxylation is 1. The van der Waals surface area contributed by atoms with E-state index in [-0.39, 0.29) is 30.7 Å². The molecule has 1 aromatic carbocycles. The lowest BCUT2D eigenvalue weighted by molar-refractivity contribution is -0.136. The van der Waals surface area contributed by atoms with Crippen LogP contribution in [-0.2, 0) is 24.3 Å². The van der Waals surface area contributed by atoms with E-state index in [0.717, 1.165) is 5.56 Å². The molecule has 0 saturated carbocycles. The van der Waals surface area contributed by atoms with Crippen LogP contribution in [0.15, 0.2) is 29.2 Å². The maximum absolute atomic E-state index is 12.7. The summed E-state index contributed by atoms with van der Waals surface area (Å²) in [4.78, 5) is 11.4. The van der Waals surface area contributed by atoms with Crippen molar-refractivity contribution in [3.63, 3.8) is 0 Å². The van der Waals surface area contributed by atoms with Gasteiger partial charge in [-0.3, -0.25) is 0 Å². The van der Waals surface area contributed by atoms with E-state index in [4.69, 9.17) is 9.47 Å². The molecule has 6 nitrogen and oxygen atoms in total. The Bertz CT molecular complexity index is 711. The van der Waals surface area contributed by atoms with Gasteiger partial charge in [0.1, 0.15) is 0 Å². The van der Waals surface area contributed by atoms with Gasteiger partial charge in [0.05, 0.1) is 30.8 Å². The molecule has 1 aliphatic rings. The lowest BCUT2D eigenvalue weighted by Gasteiger charge is -2.19. The normalized spacial score (nSPS) is 16.6. The van der Waals surface area contributed by atoms with Gasteiger partial charge in [0.2, 0.25) is 10.0 Å². The molecule has 124 valence electrons. The van der Waals surface area contributed by atoms with Gasteiger partial charge in [-0.1, -0.05) is 23.6 Å². The summed E-state index contributed by atoms with van der Waals surface area (Å²) in [7, 11) is -3.68. The van der Waals surface area contributed by atoms with Crippen LogP contribution >= 0.6 is 0 Å². The Morgan fingerprint density at radius 2 is 2.04 bits per heavy atom. The first kappa shape index (κ1) is 17.5. The molecule has 1 fully saturated rings. The van der Waals surface area contributed by atoms with Crippen molar-refractivity contribution in [3.8, 4) is 11.8 Å². The average Bonchev–Trinajstić information content (AvgIpc) is 3.31. The predicted octanol–water partition coefficient (Wildman–Crippen LogP) is 0.951. The second-order valence-corrected chi connectivity index (χ2v) is 7.03. The summed E-state index contributed by atoms with van der Waals surface area (Å²) in [6.45, 7) is 4.46. The first-order valence-corrected chi connectivity index (χ1v) is 8.71. The number of sulfonamides is 1. The number of nitrogens with zero attached hydrogens (tertiary/aromatic N) is 1. The number of rotatable bonds is 6. The number of carbonyl (C=O) groups excluding carboxylic acids is 1. The quantitative estimate of drug-likeness (QED) is 0.334. The topological polar surface area (TPSA) is 76.2 Å². The lowest BCUT2D eigenvalue weighted by Crippen LogP contribution is -2.34. The van der Waals surface area contributed by atoms with E-state index in [1.165, 1.54) is 4.31 Å². The van der Waals surface area contributed by atoms with Gasteiger partial charge >= 0.3 is 5.97 Å². The minimum absolute atomic E-state index is 0.0884. The zero-order valence-corrected chi connectivity index (χ0v) is 13.9. The number of esters is 1. The number of carbonyl (C=O) groups is 1. The van der Waals surface area contributed by atoms with Crippen molar-refractivity contribution < 1.29 is 22.7 Å². The molecule has 1 saturated heterocycles. The van der Waals surface area contributed by atoms with Gasteiger partial charge in [0.15, 0.2) is 0 Å². The highest BCUT2D eigenvalue weighted by atomic mass is 32.2. The molecule has 0 amide bonds. The molecule has 0 radical (unpaired) electrons. The molecular formula is C16H19NO5S. The van der Waals surface area contributed by atoms with Crippen molar-refractivity contribution in [1.29, 1.82) is 0 Å². The highest BCUT2D eigenvalue weighted by Gasteiger charge is 2.32. The van der Waals surface area contributed by atoms with Crippen molar-refractivity contribution in [2.45, 2.75) is 24.8 Å². The fourth-order valence-electron chi connectivity index (χ4n) is 1.87. The smallest absolute Gasteiger partial charge is 0.384 e. The van der Waals surface area contributed by atoms with Crippen LogP contribution in [0.25, 0.3) is 0 Å². The molecule has 0 spiro atoms. The Balaban J connectivity index is 2.16. The molecule has 1 aromatic rings. The van der Waals surface area contributed by atoms with Crippen LogP contribution in [0.1, 0.15) is 12.5 Å². The van der Waals surface area contributed by atoms with Crippen LogP contribution < -0.4 is 0 Å². The number of hydrogen-bond acceptors (Lipinski definition) is 5. The number of hydrogen-bond donors (Lipinski definition) is 0. The van der Waals surface area contributed by atoms with Crippen molar-refractivity contribution in [2.75, 3.05) is 26.3 Å². The number of epoxide rings is 1. The zero-order valence-electron chi connectivity index (χ0n) is 13.1. The van der Waals surface area contributed by atoms with Gasteiger partial charge in [-0.2, -0.15) is 4.31 Å². The third kappa shape index (κ3) is 5.06. The third-order valence-corrected chi connectivity index (χ3v) is 5.02. The van der Waals surface area contributed by atoms with E-state index in [2.05, 4.69) is 11.8 Å². The van der Waals surface area contributed by atoms with E-state index in [1.807, 2.05) is 6.92 Å². The van der Waals surface area contributed by atoms with Crippen LogP contribution in [0.4, 0.5) is 0 Å². The van der Waals surface area contributed by atoms with Crippen molar-refractivity contribution in [2.24, 2.45) is 0 Å². The first-order valence-electron chi connectivity index (χ1n) is 7.27. The predicted molar refractivity (Wildman–Crippen MR) is 84.1 cm³/mol. The molecular weight excluding hydrogens is 318 g/mol. The van der Waals surface area contributed by atoms with E-state index < -0.39 is 16.0 Å². The summed E-state index contributed by atoms with van der Waals surface area (Å²) in [5, 5.41) is 0. The summed E-state index contributed by atoms with van der Waals surface area (Å²) < 4.78 is 36.4. The summed E-state index contributed by atoms with van der Waals surface area (Å²) in [5.74, 6) is 4.18. The third-order valence-electron chi connectivity index (χ3n) is 3.19. The van der Waals surface area contributed by atoms with Gasteiger partial charge in [-0.05, 0) is 26.0 Å². The van der Waals surface area contributed by atoms with E-state index >= 15 is 0 Å². The summed E-state index contributed by atoms with van der Waals surface area (Å²) >= 11 is 0. The minimum Gasteiger partial charge on any atom is -0.456 e. The van der Waals surface area contributed by atoms with Gasteiger partial charge in [0, 0.05) is 12.5 Å². The summed E-state index contributed by atoms with van der Waals surface area (Å²) in [5.41, 5.74) is 0.975. The molecule has 7 heteroatoms. The number of ether oxygens (including phenoxy) is 2. The SMILES string of the molecule is CCOC(=O)C#CCN(CC1CO1)S(=O)(=O)c1ccc(C)cc1. The average molecular weight is 337 g/mol.